The predicted molar refractivity (Wildman–Crippen MR) is 88.1 cm³/mol. The van der Waals surface area contributed by atoms with Crippen molar-refractivity contribution in [3.63, 3.8) is 0 Å². The summed E-state index contributed by atoms with van der Waals surface area (Å²) >= 11 is 5.74. The van der Waals surface area contributed by atoms with Gasteiger partial charge in [0.2, 0.25) is 0 Å². The van der Waals surface area contributed by atoms with Gasteiger partial charge in [-0.1, -0.05) is 11.6 Å². The van der Waals surface area contributed by atoms with Crippen molar-refractivity contribution in [3.05, 3.63) is 59.1 Å². The van der Waals surface area contributed by atoms with Crippen molar-refractivity contribution in [3.8, 4) is 5.75 Å². The first kappa shape index (κ1) is 19.6. The Morgan fingerprint density at radius 2 is 1.62 bits per heavy atom. The highest BCUT2D eigenvalue weighted by molar-refractivity contribution is 6.30. The van der Waals surface area contributed by atoms with Crippen molar-refractivity contribution < 1.29 is 32.2 Å². The molecule has 26 heavy (non-hydrogen) atoms. The van der Waals surface area contributed by atoms with Gasteiger partial charge in [-0.25, -0.2) is 4.79 Å². The molecule has 0 radical (unpaired) electrons. The first-order valence-electron chi connectivity index (χ1n) is 7.27. The van der Waals surface area contributed by atoms with E-state index in [1.54, 1.807) is 24.3 Å². The number of amides is 1. The van der Waals surface area contributed by atoms with Crippen LogP contribution in [0.3, 0.4) is 0 Å². The molecule has 0 unspecified atom stereocenters. The zero-order valence-corrected chi connectivity index (χ0v) is 14.1. The van der Waals surface area contributed by atoms with Crippen molar-refractivity contribution in [1.29, 1.82) is 0 Å². The minimum Gasteiger partial charge on any atom is -0.449 e. The quantitative estimate of drug-likeness (QED) is 0.771. The van der Waals surface area contributed by atoms with Gasteiger partial charge < -0.3 is 14.8 Å². The monoisotopic (exact) mass is 387 g/mol. The molecular weight excluding hydrogens is 375 g/mol. The Bertz CT molecular complexity index is 776. The number of anilines is 1. The SMILES string of the molecule is C[C@@H](OC(=O)c1ccc(OC(F)(F)F)cc1)C(=O)Nc1ccc(Cl)cc1. The Morgan fingerprint density at radius 3 is 2.15 bits per heavy atom. The molecule has 0 heterocycles. The average Bonchev–Trinajstić information content (AvgIpc) is 2.56. The maximum atomic E-state index is 12.1. The molecule has 138 valence electrons. The van der Waals surface area contributed by atoms with Crippen LogP contribution in [0.1, 0.15) is 17.3 Å². The molecule has 0 saturated carbocycles. The molecule has 0 bridgehead atoms. The molecule has 9 heteroatoms. The van der Waals surface area contributed by atoms with Gasteiger partial charge in [0.15, 0.2) is 6.10 Å². The summed E-state index contributed by atoms with van der Waals surface area (Å²) in [7, 11) is 0. The molecule has 1 N–H and O–H groups in total. The van der Waals surface area contributed by atoms with E-state index in [0.717, 1.165) is 24.3 Å². The predicted octanol–water partition coefficient (Wildman–Crippen LogP) is 4.42. The smallest absolute Gasteiger partial charge is 0.449 e. The van der Waals surface area contributed by atoms with E-state index >= 15 is 0 Å². The van der Waals surface area contributed by atoms with Gasteiger partial charge in [0.05, 0.1) is 5.56 Å². The fourth-order valence-corrected chi connectivity index (χ4v) is 1.98. The molecule has 0 fully saturated rings. The number of ether oxygens (including phenoxy) is 2. The zero-order chi connectivity index (χ0) is 19.3. The summed E-state index contributed by atoms with van der Waals surface area (Å²) in [6.45, 7) is 1.37. The second-order valence-corrected chi connectivity index (χ2v) is 5.55. The third kappa shape index (κ3) is 5.96. The first-order chi connectivity index (χ1) is 12.1. The third-order valence-electron chi connectivity index (χ3n) is 3.09. The van der Waals surface area contributed by atoms with Crippen LogP contribution in [-0.2, 0) is 9.53 Å². The third-order valence-corrected chi connectivity index (χ3v) is 3.34. The number of hydrogen-bond acceptors (Lipinski definition) is 4. The summed E-state index contributed by atoms with van der Waals surface area (Å²) < 4.78 is 45.0. The van der Waals surface area contributed by atoms with E-state index in [-0.39, 0.29) is 5.56 Å². The second-order valence-electron chi connectivity index (χ2n) is 5.12. The van der Waals surface area contributed by atoms with E-state index in [9.17, 15) is 22.8 Å². The zero-order valence-electron chi connectivity index (χ0n) is 13.3. The van der Waals surface area contributed by atoms with Gasteiger partial charge in [-0.2, -0.15) is 0 Å². The van der Waals surface area contributed by atoms with Crippen LogP contribution in [0.15, 0.2) is 48.5 Å². The number of benzene rings is 2. The van der Waals surface area contributed by atoms with Crippen molar-refractivity contribution in [1.82, 2.24) is 0 Å². The Labute approximate surface area is 151 Å². The molecule has 2 aromatic rings. The van der Waals surface area contributed by atoms with Crippen LogP contribution in [0.5, 0.6) is 5.75 Å². The molecule has 0 aliphatic carbocycles. The first-order valence-corrected chi connectivity index (χ1v) is 7.65. The number of nitrogens with one attached hydrogen (secondary N) is 1. The Balaban J connectivity index is 1.93. The largest absolute Gasteiger partial charge is 0.573 e. The van der Waals surface area contributed by atoms with E-state index in [4.69, 9.17) is 16.3 Å². The highest BCUT2D eigenvalue weighted by atomic mass is 35.5. The summed E-state index contributed by atoms with van der Waals surface area (Å²) in [5.41, 5.74) is 0.446. The van der Waals surface area contributed by atoms with Gasteiger partial charge in [0.1, 0.15) is 5.75 Å². The van der Waals surface area contributed by atoms with Gasteiger partial charge >= 0.3 is 12.3 Å². The Morgan fingerprint density at radius 1 is 1.04 bits per heavy atom. The molecule has 2 rings (SSSR count). The number of esters is 1. The van der Waals surface area contributed by atoms with Gasteiger partial charge in [-0.05, 0) is 55.5 Å². The minimum atomic E-state index is -4.82. The molecule has 2 aromatic carbocycles. The maximum absolute atomic E-state index is 12.1. The Hall–Kier alpha value is -2.74. The average molecular weight is 388 g/mol. The van der Waals surface area contributed by atoms with Crippen LogP contribution in [0.4, 0.5) is 18.9 Å². The Kier molecular flexibility index (Phi) is 6.10. The normalized spacial score (nSPS) is 12.2. The van der Waals surface area contributed by atoms with Crippen LogP contribution in [0.25, 0.3) is 0 Å². The van der Waals surface area contributed by atoms with Crippen molar-refractivity contribution in [2.75, 3.05) is 5.32 Å². The van der Waals surface area contributed by atoms with E-state index in [1.807, 2.05) is 0 Å². The van der Waals surface area contributed by atoms with Crippen LogP contribution in [-0.4, -0.2) is 24.3 Å². The number of rotatable bonds is 5. The fraction of sp³-hybridized carbons (Fsp3) is 0.176. The molecule has 0 saturated heterocycles. The van der Waals surface area contributed by atoms with Crippen LogP contribution in [0.2, 0.25) is 5.02 Å². The maximum Gasteiger partial charge on any atom is 0.573 e. The number of alkyl halides is 3. The lowest BCUT2D eigenvalue weighted by atomic mass is 10.2. The van der Waals surface area contributed by atoms with Gasteiger partial charge in [-0.3, -0.25) is 4.79 Å². The highest BCUT2D eigenvalue weighted by Crippen LogP contribution is 2.23. The lowest BCUT2D eigenvalue weighted by molar-refractivity contribution is -0.274. The van der Waals surface area contributed by atoms with E-state index in [0.29, 0.717) is 10.7 Å². The molecular formula is C17H13ClF3NO4. The number of carbonyl (C=O) groups excluding carboxylic acids is 2. The molecule has 0 aliphatic rings. The van der Waals surface area contributed by atoms with Gasteiger partial charge in [-0.15, -0.1) is 13.2 Å². The van der Waals surface area contributed by atoms with E-state index in [2.05, 4.69) is 10.1 Å². The molecule has 1 amide bonds. The topological polar surface area (TPSA) is 64.6 Å². The summed E-state index contributed by atoms with van der Waals surface area (Å²) in [5.74, 6) is -1.90. The van der Waals surface area contributed by atoms with Crippen molar-refractivity contribution in [2.24, 2.45) is 0 Å². The molecule has 0 aromatic heterocycles. The summed E-state index contributed by atoms with van der Waals surface area (Å²) in [6, 6.07) is 10.5. The second kappa shape index (κ2) is 8.09. The molecule has 1 atom stereocenters. The highest BCUT2D eigenvalue weighted by Gasteiger charge is 2.31. The molecule has 5 nitrogen and oxygen atoms in total. The van der Waals surface area contributed by atoms with Crippen molar-refractivity contribution >= 4 is 29.2 Å². The molecule has 0 aliphatic heterocycles. The van der Waals surface area contributed by atoms with Gasteiger partial charge in [0.25, 0.3) is 5.91 Å². The summed E-state index contributed by atoms with van der Waals surface area (Å²) in [6.07, 6.45) is -5.94. The van der Waals surface area contributed by atoms with Crippen molar-refractivity contribution in [2.45, 2.75) is 19.4 Å². The van der Waals surface area contributed by atoms with Crippen LogP contribution >= 0.6 is 11.6 Å². The van der Waals surface area contributed by atoms with Crippen LogP contribution < -0.4 is 10.1 Å². The summed E-state index contributed by atoms with van der Waals surface area (Å²) in [5, 5.41) is 3.04. The lowest BCUT2D eigenvalue weighted by Gasteiger charge is -2.14. The van der Waals surface area contributed by atoms with E-state index in [1.165, 1.54) is 6.92 Å². The number of carbonyl (C=O) groups is 2. The number of hydrogen-bond donors (Lipinski definition) is 1. The molecule has 0 spiro atoms. The minimum absolute atomic E-state index is 0.0225. The van der Waals surface area contributed by atoms with Gasteiger partial charge in [0, 0.05) is 10.7 Å². The lowest BCUT2D eigenvalue weighted by Crippen LogP contribution is -2.30. The van der Waals surface area contributed by atoms with E-state index < -0.39 is 30.1 Å². The summed E-state index contributed by atoms with van der Waals surface area (Å²) in [4.78, 5) is 24.0. The van der Waals surface area contributed by atoms with Crippen LogP contribution in [0, 0.1) is 0 Å². The standard InChI is InChI=1S/C17H13ClF3NO4/c1-10(15(23)22-13-6-4-12(18)5-7-13)25-16(24)11-2-8-14(9-3-11)26-17(19,20)21/h2-10H,1H3,(H,22,23)/t10-/m1/s1. The number of halogens is 4. The fourth-order valence-electron chi connectivity index (χ4n) is 1.85.